The Morgan fingerprint density at radius 1 is 1.14 bits per heavy atom. The van der Waals surface area contributed by atoms with Gasteiger partial charge >= 0.3 is 0 Å². The Balaban J connectivity index is 0.000000253. The van der Waals surface area contributed by atoms with Crippen molar-refractivity contribution in [2.75, 3.05) is 5.73 Å². The predicted octanol–water partition coefficient (Wildman–Crippen LogP) is 1.78. The second-order valence-corrected chi connectivity index (χ2v) is 4.28. The second kappa shape index (κ2) is 7.54. The van der Waals surface area contributed by atoms with E-state index in [1.54, 1.807) is 12.4 Å². The van der Waals surface area contributed by atoms with E-state index in [0.717, 1.165) is 12.2 Å². The molecule has 0 bridgehead atoms. The van der Waals surface area contributed by atoms with Gasteiger partial charge in [-0.05, 0) is 0 Å². The Morgan fingerprint density at radius 3 is 2.50 bits per heavy atom. The van der Waals surface area contributed by atoms with Crippen molar-refractivity contribution in [3.05, 3.63) is 72.8 Å². The molecule has 2 heterocycles. The zero-order valence-corrected chi connectivity index (χ0v) is 12.6. The van der Waals surface area contributed by atoms with Crippen LogP contribution in [-0.4, -0.2) is 19.5 Å². The summed E-state index contributed by atoms with van der Waals surface area (Å²) in [7, 11) is 0. The first-order valence-electron chi connectivity index (χ1n) is 6.29. The zero-order valence-electron chi connectivity index (χ0n) is 11.5. The van der Waals surface area contributed by atoms with E-state index < -0.39 is 0 Å². The molecule has 0 radical (unpaired) electrons. The molecule has 0 unspecified atom stereocenters. The Hall–Kier alpha value is -2.43. The van der Waals surface area contributed by atoms with Gasteiger partial charge in [-0.2, -0.15) is 12.1 Å². The van der Waals surface area contributed by atoms with Crippen molar-refractivity contribution in [3.63, 3.8) is 0 Å². The predicted molar refractivity (Wildman–Crippen MR) is 78.3 cm³/mol. The maximum Gasteiger partial charge on any atom is 0.164 e. The van der Waals surface area contributed by atoms with E-state index in [0.29, 0.717) is 11.3 Å². The summed E-state index contributed by atoms with van der Waals surface area (Å²) in [5.41, 5.74) is 8.37. The van der Waals surface area contributed by atoms with Crippen LogP contribution >= 0.6 is 0 Å². The monoisotopic (exact) mass is 329 g/mol. The number of aromatic nitrogens is 4. The number of hydrogen-bond acceptors (Lipinski definition) is 4. The van der Waals surface area contributed by atoms with Gasteiger partial charge in [-0.1, -0.05) is 0 Å². The summed E-state index contributed by atoms with van der Waals surface area (Å²) >= 11 is 0. The van der Waals surface area contributed by atoms with Crippen molar-refractivity contribution in [2.24, 2.45) is 0 Å². The molecule has 4 rings (SSSR count). The molecule has 0 aliphatic carbocycles. The van der Waals surface area contributed by atoms with Crippen LogP contribution in [0, 0.1) is 24.3 Å². The van der Waals surface area contributed by atoms with Crippen LogP contribution in [-0.2, 0) is 23.6 Å². The molecule has 4 aromatic rings. The molecule has 2 aromatic carbocycles. The minimum atomic E-state index is 0. The second-order valence-electron chi connectivity index (χ2n) is 4.28. The number of imidazole rings is 1. The van der Waals surface area contributed by atoms with Gasteiger partial charge in [-0.3, -0.25) is 0 Å². The fourth-order valence-electron chi connectivity index (χ4n) is 1.91. The zero-order chi connectivity index (χ0) is 14.5. The van der Waals surface area contributed by atoms with E-state index in [1.807, 2.05) is 16.7 Å². The van der Waals surface area contributed by atoms with Crippen molar-refractivity contribution in [3.8, 4) is 0 Å². The molecule has 0 saturated carbocycles. The standard InChI is InChI=1S/C11H10N5.C5H.Fe/c12-10-9-11(14-6-13-10)16(7-15-9)5-8-3-1-2-4-8;1-2-4-5-3-1;/h1-4,6-7H,5H2,(H2,12,13,14);1H;/q-1;-5;. The molecule has 0 aliphatic rings. The van der Waals surface area contributed by atoms with Crippen molar-refractivity contribution in [1.82, 2.24) is 19.5 Å². The van der Waals surface area contributed by atoms with E-state index in [9.17, 15) is 0 Å². The molecule has 114 valence electrons. The van der Waals surface area contributed by atoms with Gasteiger partial charge in [0.15, 0.2) is 11.5 Å². The van der Waals surface area contributed by atoms with Gasteiger partial charge in [0.1, 0.15) is 11.8 Å². The summed E-state index contributed by atoms with van der Waals surface area (Å²) < 4.78 is 1.96. The largest absolute Gasteiger partial charge is 0.999 e. The third kappa shape index (κ3) is 3.61. The molecule has 2 aromatic heterocycles. The minimum absolute atomic E-state index is 0. The van der Waals surface area contributed by atoms with E-state index in [1.165, 1.54) is 11.9 Å². The average Bonchev–Trinajstić information content (AvgIpc) is 3.23. The summed E-state index contributed by atoms with van der Waals surface area (Å²) in [5, 5.41) is 0. The summed E-state index contributed by atoms with van der Waals surface area (Å²) in [6.45, 7) is 0.750. The van der Waals surface area contributed by atoms with Gasteiger partial charge < -0.3 is 40.6 Å². The summed E-state index contributed by atoms with van der Waals surface area (Å²) in [6.07, 6.45) is 3.20. The summed E-state index contributed by atoms with van der Waals surface area (Å²) in [4.78, 5) is 12.3. The van der Waals surface area contributed by atoms with Crippen LogP contribution in [0.25, 0.3) is 11.2 Å². The number of nitrogens with two attached hydrogens (primary N) is 1. The molecule has 6 heteroatoms. The molecule has 0 spiro atoms. The fraction of sp³-hybridized carbons (Fsp3) is 0.0625. The smallest absolute Gasteiger partial charge is 0.164 e. The molecule has 0 aliphatic heterocycles. The van der Waals surface area contributed by atoms with Crippen LogP contribution < -0.4 is 5.73 Å². The van der Waals surface area contributed by atoms with Gasteiger partial charge in [0.25, 0.3) is 0 Å². The number of nitrogen functional groups attached to an aromatic ring is 1. The number of anilines is 1. The molecule has 0 atom stereocenters. The van der Waals surface area contributed by atoms with Crippen LogP contribution in [0.3, 0.4) is 0 Å². The Labute approximate surface area is 139 Å². The van der Waals surface area contributed by atoms with E-state index >= 15 is 0 Å². The molecule has 0 amide bonds. The molecule has 22 heavy (non-hydrogen) atoms. The number of hydrogen-bond donors (Lipinski definition) is 1. The van der Waals surface area contributed by atoms with Crippen molar-refractivity contribution < 1.29 is 17.1 Å². The Kier molecular flexibility index (Phi) is 5.47. The van der Waals surface area contributed by atoms with Crippen molar-refractivity contribution in [2.45, 2.75) is 6.54 Å². The fourth-order valence-corrected chi connectivity index (χ4v) is 1.91. The topological polar surface area (TPSA) is 69.6 Å². The van der Waals surface area contributed by atoms with Gasteiger partial charge in [0.2, 0.25) is 0 Å². The first kappa shape index (κ1) is 15.9. The average molecular weight is 329 g/mol. The normalized spacial score (nSPS) is 9.82. The van der Waals surface area contributed by atoms with Gasteiger partial charge in [0.05, 0.1) is 6.33 Å². The number of fused-ring (bicyclic) bond motifs is 1. The molecular weight excluding hydrogens is 318 g/mol. The molecule has 5 nitrogen and oxygen atoms in total. The number of nitrogens with zero attached hydrogens (tertiary/aromatic N) is 4. The van der Waals surface area contributed by atoms with Crippen LogP contribution in [0.2, 0.25) is 0 Å². The summed E-state index contributed by atoms with van der Waals surface area (Å²) in [5.74, 6) is 0.422. The SMILES string of the molecule is Nc1ncnc2c1ncn2C[c-]1cccc1.[Fe].[c-]1[c-][c-][cH-][c-]1. The first-order chi connectivity index (χ1) is 10.3. The van der Waals surface area contributed by atoms with Crippen molar-refractivity contribution in [1.29, 1.82) is 0 Å². The third-order valence-electron chi connectivity index (χ3n) is 2.87. The van der Waals surface area contributed by atoms with Gasteiger partial charge in [-0.15, -0.1) is 5.56 Å². The molecule has 0 fully saturated rings. The summed E-state index contributed by atoms with van der Waals surface area (Å²) in [6, 6.07) is 20.2. The van der Waals surface area contributed by atoms with Crippen LogP contribution in [0.1, 0.15) is 5.56 Å². The molecular formula is C16H11FeN5-6. The van der Waals surface area contributed by atoms with Crippen LogP contribution in [0.15, 0.2) is 43.0 Å². The van der Waals surface area contributed by atoms with E-state index in [4.69, 9.17) is 5.73 Å². The Bertz CT molecular complexity index is 770. The van der Waals surface area contributed by atoms with E-state index in [-0.39, 0.29) is 17.1 Å². The van der Waals surface area contributed by atoms with Gasteiger partial charge in [-0.25, -0.2) is 27.1 Å². The maximum atomic E-state index is 5.72. The quantitative estimate of drug-likeness (QED) is 0.450. The third-order valence-corrected chi connectivity index (χ3v) is 2.87. The van der Waals surface area contributed by atoms with E-state index in [2.05, 4.69) is 51.4 Å². The number of rotatable bonds is 2. The Morgan fingerprint density at radius 2 is 1.86 bits per heavy atom. The molecule has 2 N–H and O–H groups in total. The molecule has 0 saturated heterocycles. The minimum Gasteiger partial charge on any atom is -0.999 e. The first-order valence-corrected chi connectivity index (χ1v) is 6.29. The maximum absolute atomic E-state index is 5.72. The van der Waals surface area contributed by atoms with Gasteiger partial charge in [0, 0.05) is 23.6 Å². The van der Waals surface area contributed by atoms with Crippen LogP contribution in [0.4, 0.5) is 5.82 Å². The van der Waals surface area contributed by atoms with Crippen LogP contribution in [0.5, 0.6) is 0 Å². The van der Waals surface area contributed by atoms with Crippen molar-refractivity contribution >= 4 is 17.0 Å².